The molecule has 2 aliphatic heterocycles. The molecule has 1 amide bonds. The Morgan fingerprint density at radius 3 is 2.75 bits per heavy atom. The van der Waals surface area contributed by atoms with Gasteiger partial charge >= 0.3 is 0 Å². The predicted molar refractivity (Wildman–Crippen MR) is 109 cm³/mol. The number of rotatable bonds is 3. The van der Waals surface area contributed by atoms with E-state index in [4.69, 9.17) is 4.74 Å². The zero-order valence-corrected chi connectivity index (χ0v) is 15.7. The van der Waals surface area contributed by atoms with Crippen LogP contribution in [-0.2, 0) is 6.54 Å². The third kappa shape index (κ3) is 2.33. The van der Waals surface area contributed by atoms with Gasteiger partial charge in [0.2, 0.25) is 0 Å². The number of benzene rings is 2. The fourth-order valence-corrected chi connectivity index (χ4v) is 4.01. The van der Waals surface area contributed by atoms with Gasteiger partial charge in [-0.15, -0.1) is 0 Å². The highest BCUT2D eigenvalue weighted by Crippen LogP contribution is 2.45. The van der Waals surface area contributed by atoms with E-state index in [1.54, 1.807) is 18.2 Å². The topological polar surface area (TPSA) is 45.7 Å². The Morgan fingerprint density at radius 1 is 1.04 bits per heavy atom. The fraction of sp³-hybridized carbons (Fsp3) is 0.130. The van der Waals surface area contributed by atoms with Crippen molar-refractivity contribution in [1.82, 2.24) is 9.88 Å². The molecule has 0 fully saturated rings. The molecule has 0 radical (unpaired) electrons. The first kappa shape index (κ1) is 16.6. The minimum Gasteiger partial charge on any atom is -0.496 e. The molecule has 5 heteroatoms. The van der Waals surface area contributed by atoms with Gasteiger partial charge in [0.25, 0.3) is 5.91 Å². The number of para-hydroxylation sites is 1. The average molecular weight is 369 g/mol. The number of fused-ring (bicyclic) bond motifs is 1. The number of amides is 1. The van der Waals surface area contributed by atoms with E-state index in [0.717, 1.165) is 45.2 Å². The lowest BCUT2D eigenvalue weighted by molar-refractivity contribution is 0.0875. The number of methoxy groups -OCH3 is 1. The lowest BCUT2D eigenvalue weighted by Gasteiger charge is -2.26. The van der Waals surface area contributed by atoms with Crippen LogP contribution in [0.2, 0.25) is 0 Å². The van der Waals surface area contributed by atoms with E-state index in [9.17, 15) is 4.79 Å². The van der Waals surface area contributed by atoms with Crippen LogP contribution < -0.4 is 9.64 Å². The highest BCUT2D eigenvalue weighted by molar-refractivity contribution is 6.15. The third-order valence-electron chi connectivity index (χ3n) is 5.37. The minimum atomic E-state index is 0.0210. The van der Waals surface area contributed by atoms with Crippen LogP contribution in [0.3, 0.4) is 0 Å². The Kier molecular flexibility index (Phi) is 3.69. The smallest absolute Gasteiger partial charge is 0.258 e. The van der Waals surface area contributed by atoms with Crippen molar-refractivity contribution in [2.24, 2.45) is 0 Å². The monoisotopic (exact) mass is 369 g/mol. The largest absolute Gasteiger partial charge is 0.496 e. The summed E-state index contributed by atoms with van der Waals surface area (Å²) in [7, 11) is 3.50. The number of carbonyl (C=O) groups is 1. The average Bonchev–Trinajstić information content (AvgIpc) is 2.89. The first-order valence-corrected chi connectivity index (χ1v) is 9.16. The number of anilines is 2. The van der Waals surface area contributed by atoms with Crippen molar-refractivity contribution in [3.8, 4) is 5.75 Å². The summed E-state index contributed by atoms with van der Waals surface area (Å²) in [6, 6.07) is 17.8. The van der Waals surface area contributed by atoms with E-state index in [2.05, 4.69) is 28.1 Å². The molecule has 0 saturated heterocycles. The second-order valence-corrected chi connectivity index (χ2v) is 6.91. The molecule has 5 rings (SSSR count). The Bertz CT molecular complexity index is 1140. The van der Waals surface area contributed by atoms with E-state index in [-0.39, 0.29) is 5.91 Å². The maximum absolute atomic E-state index is 12.8. The molecule has 138 valence electrons. The van der Waals surface area contributed by atoms with Gasteiger partial charge in [-0.1, -0.05) is 24.3 Å². The number of pyridine rings is 1. The zero-order chi connectivity index (χ0) is 19.3. The van der Waals surface area contributed by atoms with E-state index >= 15 is 0 Å². The van der Waals surface area contributed by atoms with Gasteiger partial charge in [-0.25, -0.2) is 4.98 Å². The molecule has 0 bridgehead atoms. The zero-order valence-electron chi connectivity index (χ0n) is 15.7. The van der Waals surface area contributed by atoms with E-state index in [1.807, 2.05) is 49.5 Å². The Morgan fingerprint density at radius 2 is 1.89 bits per heavy atom. The maximum Gasteiger partial charge on any atom is 0.258 e. The van der Waals surface area contributed by atoms with Crippen molar-refractivity contribution in [2.45, 2.75) is 6.54 Å². The van der Waals surface area contributed by atoms with Gasteiger partial charge in [0.15, 0.2) is 0 Å². The molecule has 0 N–H and O–H groups in total. The number of hydrogen-bond donors (Lipinski definition) is 0. The standard InChI is InChI=1S/C23H19N3O2/c1-25-19-13-15-8-6-12-24-22(15)26(14-16-7-3-4-11-20(16)28-2)18-10-5-9-17(21(18)19)23(25)27/h3-13H,14H2,1-2H3. The molecule has 0 saturated carbocycles. The normalized spacial score (nSPS) is 14.4. The molecular formula is C23H19N3O2. The summed E-state index contributed by atoms with van der Waals surface area (Å²) in [4.78, 5) is 21.3. The van der Waals surface area contributed by atoms with Crippen molar-refractivity contribution in [2.75, 3.05) is 19.1 Å². The Balaban J connectivity index is 1.75. The van der Waals surface area contributed by atoms with Crippen LogP contribution in [0.25, 0.3) is 11.8 Å². The summed E-state index contributed by atoms with van der Waals surface area (Å²) in [5.41, 5.74) is 5.61. The van der Waals surface area contributed by atoms with Crippen molar-refractivity contribution < 1.29 is 9.53 Å². The molecule has 0 atom stereocenters. The molecule has 3 heterocycles. The van der Waals surface area contributed by atoms with Crippen molar-refractivity contribution in [3.05, 3.63) is 83.0 Å². The number of hydrogen-bond acceptors (Lipinski definition) is 4. The summed E-state index contributed by atoms with van der Waals surface area (Å²) >= 11 is 0. The molecule has 0 aliphatic carbocycles. The van der Waals surface area contributed by atoms with E-state index in [1.165, 1.54) is 0 Å². The Labute approximate surface area is 163 Å². The van der Waals surface area contributed by atoms with Crippen LogP contribution >= 0.6 is 0 Å². The molecule has 3 aromatic rings. The summed E-state index contributed by atoms with van der Waals surface area (Å²) in [6.45, 7) is 0.587. The molecule has 1 aromatic heterocycles. The minimum absolute atomic E-state index is 0.0210. The van der Waals surface area contributed by atoms with Gasteiger partial charge in [-0.2, -0.15) is 0 Å². The second kappa shape index (κ2) is 6.23. The van der Waals surface area contributed by atoms with Crippen LogP contribution in [-0.4, -0.2) is 29.9 Å². The second-order valence-electron chi connectivity index (χ2n) is 6.91. The summed E-state index contributed by atoms with van der Waals surface area (Å²) in [5, 5.41) is 0. The quantitative estimate of drug-likeness (QED) is 0.690. The molecule has 2 aromatic carbocycles. The Hall–Kier alpha value is -3.60. The highest BCUT2D eigenvalue weighted by Gasteiger charge is 2.35. The summed E-state index contributed by atoms with van der Waals surface area (Å²) in [5.74, 6) is 1.72. The molecule has 0 unspecified atom stereocenters. The molecule has 28 heavy (non-hydrogen) atoms. The lowest BCUT2D eigenvalue weighted by Crippen LogP contribution is -2.20. The number of carbonyl (C=O) groups excluding carboxylic acids is 1. The first-order valence-electron chi connectivity index (χ1n) is 9.16. The van der Waals surface area contributed by atoms with Crippen LogP contribution in [0.1, 0.15) is 27.0 Å². The van der Waals surface area contributed by atoms with Crippen LogP contribution in [0.5, 0.6) is 5.75 Å². The van der Waals surface area contributed by atoms with E-state index in [0.29, 0.717) is 6.54 Å². The number of nitrogens with zero attached hydrogens (tertiary/aromatic N) is 3. The highest BCUT2D eigenvalue weighted by atomic mass is 16.5. The van der Waals surface area contributed by atoms with Gasteiger partial charge in [-0.3, -0.25) is 4.79 Å². The number of aromatic nitrogens is 1. The van der Waals surface area contributed by atoms with Crippen LogP contribution in [0, 0.1) is 0 Å². The van der Waals surface area contributed by atoms with Gasteiger partial charge in [-0.05, 0) is 36.4 Å². The lowest BCUT2D eigenvalue weighted by atomic mass is 10.0. The predicted octanol–water partition coefficient (Wildman–Crippen LogP) is 4.33. The van der Waals surface area contributed by atoms with Gasteiger partial charge in [0.05, 0.1) is 30.6 Å². The van der Waals surface area contributed by atoms with Gasteiger partial charge in [0.1, 0.15) is 11.6 Å². The van der Waals surface area contributed by atoms with Crippen molar-refractivity contribution >= 4 is 29.2 Å². The summed E-state index contributed by atoms with van der Waals surface area (Å²) < 4.78 is 5.56. The fourth-order valence-electron chi connectivity index (χ4n) is 4.01. The van der Waals surface area contributed by atoms with E-state index < -0.39 is 0 Å². The van der Waals surface area contributed by atoms with Crippen molar-refractivity contribution in [1.29, 1.82) is 0 Å². The molecule has 5 nitrogen and oxygen atoms in total. The molecular weight excluding hydrogens is 350 g/mol. The number of ether oxygens (including phenoxy) is 1. The van der Waals surface area contributed by atoms with Crippen LogP contribution in [0.4, 0.5) is 11.5 Å². The van der Waals surface area contributed by atoms with Gasteiger partial charge in [0, 0.05) is 29.9 Å². The molecule has 2 aliphatic rings. The third-order valence-corrected chi connectivity index (χ3v) is 5.37. The maximum atomic E-state index is 12.8. The van der Waals surface area contributed by atoms with Crippen LogP contribution in [0.15, 0.2) is 60.8 Å². The summed E-state index contributed by atoms with van der Waals surface area (Å²) in [6.07, 6.45) is 3.86. The SMILES string of the molecule is COc1ccccc1CN1c2cccc3c2C(=Cc2cccnc21)N(C)C3=O. The molecule has 0 spiro atoms. The van der Waals surface area contributed by atoms with Crippen molar-refractivity contribution in [3.63, 3.8) is 0 Å². The van der Waals surface area contributed by atoms with Gasteiger partial charge < -0.3 is 14.5 Å². The first-order chi connectivity index (χ1) is 13.7.